The molecule has 0 spiro atoms. The van der Waals surface area contributed by atoms with Crippen molar-refractivity contribution in [2.75, 3.05) is 6.61 Å². The molecule has 5 nitrogen and oxygen atoms in total. The quantitative estimate of drug-likeness (QED) is 0.253. The number of hydrogen-bond donors (Lipinski definition) is 2. The second kappa shape index (κ2) is 16.0. The molecule has 0 aliphatic rings. The highest BCUT2D eigenvalue weighted by Crippen LogP contribution is 2.25. The van der Waals surface area contributed by atoms with Crippen LogP contribution in [0.5, 0.6) is 5.75 Å². The summed E-state index contributed by atoms with van der Waals surface area (Å²) in [4.78, 5) is 23.7. The third-order valence-corrected chi connectivity index (χ3v) is 5.72. The standard InChI is InChI=1S/C24H39ClN2O3/c1-4-5-6-7-8-9-10-11-12-13-14-15-22(28)26-27-23(29)18-30-21-16-19(2)24(25)20(3)17-21/h16-17H,4-15,18H2,1-3H3,(H,26,28)(H,27,29). The van der Waals surface area contributed by atoms with Crippen LogP contribution in [0.25, 0.3) is 0 Å². The molecule has 0 radical (unpaired) electrons. The number of ether oxygens (including phenoxy) is 1. The van der Waals surface area contributed by atoms with Gasteiger partial charge in [-0.1, -0.05) is 82.7 Å². The zero-order valence-corrected chi connectivity index (χ0v) is 19.7. The van der Waals surface area contributed by atoms with Gasteiger partial charge in [-0.3, -0.25) is 20.4 Å². The van der Waals surface area contributed by atoms with Crippen LogP contribution in [0.1, 0.15) is 95.1 Å². The number of aryl methyl sites for hydroxylation is 2. The van der Waals surface area contributed by atoms with E-state index in [1.54, 1.807) is 12.1 Å². The van der Waals surface area contributed by atoms with Gasteiger partial charge in [0, 0.05) is 11.4 Å². The Hall–Kier alpha value is -1.75. The van der Waals surface area contributed by atoms with E-state index in [0.29, 0.717) is 17.2 Å². The molecular weight excluding hydrogens is 400 g/mol. The van der Waals surface area contributed by atoms with Crippen LogP contribution in [0.15, 0.2) is 12.1 Å². The molecule has 2 N–H and O–H groups in total. The van der Waals surface area contributed by atoms with E-state index >= 15 is 0 Å². The van der Waals surface area contributed by atoms with Gasteiger partial charge in [0.25, 0.3) is 5.91 Å². The number of hydrogen-bond acceptors (Lipinski definition) is 3. The molecule has 2 amide bonds. The maximum absolute atomic E-state index is 11.8. The Labute approximate surface area is 187 Å². The normalized spacial score (nSPS) is 10.7. The molecule has 0 atom stereocenters. The maximum atomic E-state index is 11.8. The van der Waals surface area contributed by atoms with E-state index in [4.69, 9.17) is 16.3 Å². The molecule has 0 heterocycles. The highest BCUT2D eigenvalue weighted by Gasteiger charge is 2.08. The number of halogens is 1. The Balaban J connectivity index is 2.01. The molecule has 1 aromatic rings. The van der Waals surface area contributed by atoms with Gasteiger partial charge >= 0.3 is 0 Å². The van der Waals surface area contributed by atoms with Crippen LogP contribution in [0.2, 0.25) is 5.02 Å². The first-order chi connectivity index (χ1) is 14.4. The van der Waals surface area contributed by atoms with Crippen molar-refractivity contribution in [2.45, 2.75) is 97.8 Å². The molecule has 0 aromatic heterocycles. The van der Waals surface area contributed by atoms with Crippen molar-refractivity contribution in [3.63, 3.8) is 0 Å². The Kier molecular flexibility index (Phi) is 14.0. The van der Waals surface area contributed by atoms with Gasteiger partial charge in [-0.2, -0.15) is 0 Å². The average molecular weight is 439 g/mol. The summed E-state index contributed by atoms with van der Waals surface area (Å²) in [6.07, 6.45) is 14.1. The molecule has 0 bridgehead atoms. The Morgan fingerprint density at radius 2 is 1.27 bits per heavy atom. The number of unbranched alkanes of at least 4 members (excludes halogenated alkanes) is 10. The van der Waals surface area contributed by atoms with Crippen LogP contribution in [0.4, 0.5) is 0 Å². The SMILES string of the molecule is CCCCCCCCCCCCCC(=O)NNC(=O)COc1cc(C)c(Cl)c(C)c1. The minimum Gasteiger partial charge on any atom is -0.484 e. The number of hydrazine groups is 1. The lowest BCUT2D eigenvalue weighted by Gasteiger charge is -2.11. The first kappa shape index (κ1) is 26.3. The Morgan fingerprint density at radius 3 is 1.80 bits per heavy atom. The molecular formula is C24H39ClN2O3. The molecule has 0 aliphatic heterocycles. The van der Waals surface area contributed by atoms with Crippen molar-refractivity contribution < 1.29 is 14.3 Å². The fraction of sp³-hybridized carbons (Fsp3) is 0.667. The highest BCUT2D eigenvalue weighted by molar-refractivity contribution is 6.32. The van der Waals surface area contributed by atoms with Gasteiger partial charge in [0.05, 0.1) is 0 Å². The first-order valence-corrected chi connectivity index (χ1v) is 11.8. The third-order valence-electron chi connectivity index (χ3n) is 5.13. The largest absolute Gasteiger partial charge is 0.484 e. The molecule has 0 saturated heterocycles. The van der Waals surface area contributed by atoms with Crippen LogP contribution in [-0.4, -0.2) is 18.4 Å². The van der Waals surface area contributed by atoms with Crippen molar-refractivity contribution in [1.82, 2.24) is 10.9 Å². The summed E-state index contributed by atoms with van der Waals surface area (Å²) in [6, 6.07) is 3.57. The molecule has 1 aromatic carbocycles. The number of amides is 2. The fourth-order valence-corrected chi connectivity index (χ4v) is 3.44. The molecule has 170 valence electrons. The first-order valence-electron chi connectivity index (χ1n) is 11.4. The van der Waals surface area contributed by atoms with Gasteiger partial charge in [-0.05, 0) is 43.5 Å². The predicted octanol–water partition coefficient (Wildman–Crippen LogP) is 6.18. The van der Waals surface area contributed by atoms with Crippen LogP contribution < -0.4 is 15.6 Å². The monoisotopic (exact) mass is 438 g/mol. The Bertz CT molecular complexity index is 626. The lowest BCUT2D eigenvalue weighted by atomic mass is 10.1. The van der Waals surface area contributed by atoms with Crippen molar-refractivity contribution >= 4 is 23.4 Å². The van der Waals surface area contributed by atoms with Crippen LogP contribution in [0, 0.1) is 13.8 Å². The lowest BCUT2D eigenvalue weighted by molar-refractivity contribution is -0.130. The summed E-state index contributed by atoms with van der Waals surface area (Å²) >= 11 is 6.12. The van der Waals surface area contributed by atoms with Gasteiger partial charge in [0.15, 0.2) is 6.61 Å². The maximum Gasteiger partial charge on any atom is 0.276 e. The average Bonchev–Trinajstić information content (AvgIpc) is 2.72. The van der Waals surface area contributed by atoms with Crippen molar-refractivity contribution in [2.24, 2.45) is 0 Å². The third kappa shape index (κ3) is 12.1. The molecule has 0 unspecified atom stereocenters. The minimum atomic E-state index is -0.396. The summed E-state index contributed by atoms with van der Waals surface area (Å²) in [6.45, 7) is 5.85. The number of benzene rings is 1. The summed E-state index contributed by atoms with van der Waals surface area (Å²) in [7, 11) is 0. The zero-order chi connectivity index (χ0) is 22.2. The molecule has 0 saturated carbocycles. The molecule has 0 aliphatic carbocycles. The number of nitrogens with one attached hydrogen (secondary N) is 2. The van der Waals surface area contributed by atoms with Crippen molar-refractivity contribution in [3.05, 3.63) is 28.3 Å². The van der Waals surface area contributed by atoms with Gasteiger partial charge in [0.2, 0.25) is 5.91 Å². The highest BCUT2D eigenvalue weighted by atomic mass is 35.5. The van der Waals surface area contributed by atoms with Gasteiger partial charge < -0.3 is 4.74 Å². The van der Waals surface area contributed by atoms with E-state index in [1.165, 1.54) is 57.8 Å². The fourth-order valence-electron chi connectivity index (χ4n) is 3.33. The predicted molar refractivity (Wildman–Crippen MR) is 124 cm³/mol. The summed E-state index contributed by atoms with van der Waals surface area (Å²) in [5.74, 6) is 0.0156. The van der Waals surface area contributed by atoms with E-state index in [2.05, 4.69) is 17.8 Å². The van der Waals surface area contributed by atoms with Crippen molar-refractivity contribution in [3.8, 4) is 5.75 Å². The van der Waals surface area contributed by atoms with Crippen LogP contribution >= 0.6 is 11.6 Å². The molecule has 1 rings (SSSR count). The zero-order valence-electron chi connectivity index (χ0n) is 18.9. The Morgan fingerprint density at radius 1 is 0.800 bits per heavy atom. The second-order valence-corrected chi connectivity index (χ2v) is 8.42. The number of carbonyl (C=O) groups excluding carboxylic acids is 2. The summed E-state index contributed by atoms with van der Waals surface area (Å²) < 4.78 is 5.47. The van der Waals surface area contributed by atoms with E-state index in [-0.39, 0.29) is 12.5 Å². The summed E-state index contributed by atoms with van der Waals surface area (Å²) in [5, 5.41) is 0.696. The topological polar surface area (TPSA) is 67.4 Å². The van der Waals surface area contributed by atoms with Crippen molar-refractivity contribution in [1.29, 1.82) is 0 Å². The molecule has 6 heteroatoms. The lowest BCUT2D eigenvalue weighted by Crippen LogP contribution is -2.43. The van der Waals surface area contributed by atoms with Gasteiger partial charge in [-0.15, -0.1) is 0 Å². The number of rotatable bonds is 15. The second-order valence-electron chi connectivity index (χ2n) is 8.04. The minimum absolute atomic E-state index is 0.167. The van der Waals surface area contributed by atoms with E-state index in [9.17, 15) is 9.59 Å². The van der Waals surface area contributed by atoms with E-state index in [1.807, 2.05) is 13.8 Å². The summed E-state index contributed by atoms with van der Waals surface area (Å²) in [5.41, 5.74) is 6.63. The van der Waals surface area contributed by atoms with Gasteiger partial charge in [0.1, 0.15) is 5.75 Å². The van der Waals surface area contributed by atoms with Crippen LogP contribution in [0.3, 0.4) is 0 Å². The van der Waals surface area contributed by atoms with E-state index in [0.717, 1.165) is 24.0 Å². The molecule has 0 fully saturated rings. The molecule has 30 heavy (non-hydrogen) atoms. The van der Waals surface area contributed by atoms with Crippen LogP contribution in [-0.2, 0) is 9.59 Å². The van der Waals surface area contributed by atoms with Gasteiger partial charge in [-0.25, -0.2) is 0 Å². The number of carbonyl (C=O) groups is 2. The smallest absolute Gasteiger partial charge is 0.276 e. The van der Waals surface area contributed by atoms with E-state index < -0.39 is 5.91 Å².